The zero-order valence-electron chi connectivity index (χ0n) is 16.2. The predicted octanol–water partition coefficient (Wildman–Crippen LogP) is 1.22. The molecule has 0 radical (unpaired) electrons. The fourth-order valence-electron chi connectivity index (χ4n) is 3.92. The second-order valence-corrected chi connectivity index (χ2v) is 7.89. The van der Waals surface area contributed by atoms with Gasteiger partial charge in [0, 0.05) is 52.5 Å². The number of likely N-dealkylation sites (tertiary alicyclic amines) is 2. The fourth-order valence-corrected chi connectivity index (χ4v) is 3.92. The molecule has 2 fully saturated rings. The molecule has 1 aromatic rings. The van der Waals surface area contributed by atoms with Crippen LogP contribution < -0.4 is 0 Å². The number of piperidine rings is 2. The summed E-state index contributed by atoms with van der Waals surface area (Å²) in [5.41, 5.74) is 0.631. The highest BCUT2D eigenvalue weighted by molar-refractivity contribution is 5.93. The first-order valence-corrected chi connectivity index (χ1v) is 9.70. The predicted molar refractivity (Wildman–Crippen MR) is 99.7 cm³/mol. The van der Waals surface area contributed by atoms with Gasteiger partial charge in [-0.15, -0.1) is 0 Å². The van der Waals surface area contributed by atoms with E-state index in [1.54, 1.807) is 17.1 Å². The molecule has 2 aliphatic rings. The zero-order chi connectivity index (χ0) is 18.7. The van der Waals surface area contributed by atoms with Crippen LogP contribution in [0.3, 0.4) is 0 Å². The van der Waals surface area contributed by atoms with Gasteiger partial charge in [0.05, 0.1) is 18.3 Å². The first-order chi connectivity index (χ1) is 12.4. The second-order valence-electron chi connectivity index (χ2n) is 7.89. The third kappa shape index (κ3) is 4.44. The minimum Gasteiger partial charge on any atom is -0.342 e. The summed E-state index contributed by atoms with van der Waals surface area (Å²) in [7, 11) is 3.69. The van der Waals surface area contributed by atoms with E-state index < -0.39 is 0 Å². The van der Waals surface area contributed by atoms with Gasteiger partial charge in [-0.25, -0.2) is 0 Å². The zero-order valence-corrected chi connectivity index (χ0v) is 16.2. The van der Waals surface area contributed by atoms with Gasteiger partial charge < -0.3 is 9.80 Å². The van der Waals surface area contributed by atoms with Crippen LogP contribution in [0.15, 0.2) is 12.4 Å². The van der Waals surface area contributed by atoms with Crippen molar-refractivity contribution in [3.8, 4) is 0 Å². The van der Waals surface area contributed by atoms with Gasteiger partial charge in [-0.05, 0) is 31.6 Å². The van der Waals surface area contributed by atoms with E-state index in [9.17, 15) is 9.59 Å². The lowest BCUT2D eigenvalue weighted by molar-refractivity contribution is -0.134. The fraction of sp³-hybridized carbons (Fsp3) is 0.737. The molecule has 0 aliphatic carbocycles. The number of amides is 2. The smallest absolute Gasteiger partial charge is 0.257 e. The van der Waals surface area contributed by atoms with Crippen LogP contribution in [0.2, 0.25) is 0 Å². The number of carbonyl (C=O) groups excluding carboxylic acids is 2. The highest BCUT2D eigenvalue weighted by Gasteiger charge is 2.28. The van der Waals surface area contributed by atoms with E-state index >= 15 is 0 Å². The van der Waals surface area contributed by atoms with Crippen LogP contribution in [0.25, 0.3) is 0 Å². The van der Waals surface area contributed by atoms with Crippen LogP contribution in [0, 0.1) is 5.92 Å². The Bertz CT molecular complexity index is 628. The summed E-state index contributed by atoms with van der Waals surface area (Å²) in [4.78, 5) is 31.1. The maximum absolute atomic E-state index is 12.5. The van der Waals surface area contributed by atoms with Crippen LogP contribution in [-0.4, -0.2) is 82.1 Å². The lowest BCUT2D eigenvalue weighted by atomic mass is 9.99. The summed E-state index contributed by atoms with van der Waals surface area (Å²) in [5, 5.41) is 4.08. The molecule has 26 heavy (non-hydrogen) atoms. The Morgan fingerprint density at radius 1 is 1.15 bits per heavy atom. The molecular formula is C19H31N5O2. The molecule has 3 rings (SSSR count). The molecule has 1 aromatic heterocycles. The normalized spacial score (nSPS) is 20.3. The first-order valence-electron chi connectivity index (χ1n) is 9.70. The molecule has 0 bridgehead atoms. The second kappa shape index (κ2) is 8.20. The van der Waals surface area contributed by atoms with E-state index in [0.717, 1.165) is 57.8 Å². The minimum absolute atomic E-state index is 0.0232. The average Bonchev–Trinajstić information content (AvgIpc) is 3.08. The summed E-state index contributed by atoms with van der Waals surface area (Å²) < 4.78 is 1.65. The number of nitrogens with zero attached hydrogens (tertiary/aromatic N) is 5. The van der Waals surface area contributed by atoms with Crippen LogP contribution in [0.4, 0.5) is 0 Å². The summed E-state index contributed by atoms with van der Waals surface area (Å²) in [5.74, 6) is 1.02. The molecule has 0 saturated carbocycles. The van der Waals surface area contributed by atoms with E-state index in [-0.39, 0.29) is 17.9 Å². The van der Waals surface area contributed by atoms with E-state index in [2.05, 4.69) is 16.9 Å². The number of hydrogen-bond donors (Lipinski definition) is 0. The van der Waals surface area contributed by atoms with E-state index in [0.29, 0.717) is 12.1 Å². The van der Waals surface area contributed by atoms with Crippen molar-refractivity contribution >= 4 is 11.8 Å². The highest BCUT2D eigenvalue weighted by atomic mass is 16.2. The molecule has 2 saturated heterocycles. The molecule has 144 valence electrons. The maximum Gasteiger partial charge on any atom is 0.257 e. The Morgan fingerprint density at radius 3 is 2.38 bits per heavy atom. The molecule has 0 spiro atoms. The van der Waals surface area contributed by atoms with Gasteiger partial charge >= 0.3 is 0 Å². The van der Waals surface area contributed by atoms with E-state index in [1.165, 1.54) is 0 Å². The lowest BCUT2D eigenvalue weighted by Crippen LogP contribution is -2.49. The quantitative estimate of drug-likeness (QED) is 0.809. The lowest BCUT2D eigenvalue weighted by Gasteiger charge is -2.37. The van der Waals surface area contributed by atoms with Gasteiger partial charge in [0.25, 0.3) is 5.91 Å². The minimum atomic E-state index is 0.0232. The summed E-state index contributed by atoms with van der Waals surface area (Å²) in [6.07, 6.45) is 7.43. The molecule has 3 heterocycles. The van der Waals surface area contributed by atoms with Crippen LogP contribution in [-0.2, 0) is 11.8 Å². The number of carbonyl (C=O) groups is 2. The molecule has 7 nitrogen and oxygen atoms in total. The number of aromatic nitrogens is 2. The summed E-state index contributed by atoms with van der Waals surface area (Å²) in [6, 6.07) is 0.227. The largest absolute Gasteiger partial charge is 0.342 e. The van der Waals surface area contributed by atoms with Gasteiger partial charge in [-0.1, -0.05) is 6.92 Å². The Kier molecular flexibility index (Phi) is 5.96. The molecule has 2 amide bonds. The van der Waals surface area contributed by atoms with Crippen molar-refractivity contribution in [2.45, 2.75) is 38.6 Å². The van der Waals surface area contributed by atoms with Crippen molar-refractivity contribution in [3.05, 3.63) is 18.0 Å². The number of aryl methyl sites for hydroxylation is 1. The summed E-state index contributed by atoms with van der Waals surface area (Å²) in [6.45, 7) is 6.31. The van der Waals surface area contributed by atoms with Crippen LogP contribution in [0.1, 0.15) is 43.0 Å². The Hall–Kier alpha value is -1.89. The molecule has 0 atom stereocenters. The molecule has 2 aliphatic heterocycles. The van der Waals surface area contributed by atoms with Crippen molar-refractivity contribution in [1.82, 2.24) is 24.5 Å². The van der Waals surface area contributed by atoms with E-state index in [4.69, 9.17) is 0 Å². The molecule has 0 N–H and O–H groups in total. The Balaban J connectivity index is 1.45. The standard InChI is InChI=1S/C19H31N5O2/c1-15-4-10-24(11-5-15)18(25)14-23-8-6-17(7-9-23)22(3)19(26)16-12-20-21(2)13-16/h12-13,15,17H,4-11,14H2,1-3H3. The Labute approximate surface area is 155 Å². The van der Waals surface area contributed by atoms with Crippen molar-refractivity contribution in [1.29, 1.82) is 0 Å². The average molecular weight is 361 g/mol. The molecule has 0 unspecified atom stereocenters. The van der Waals surface area contributed by atoms with Crippen molar-refractivity contribution < 1.29 is 9.59 Å². The van der Waals surface area contributed by atoms with E-state index in [1.807, 2.05) is 23.9 Å². The van der Waals surface area contributed by atoms with Gasteiger partial charge in [-0.2, -0.15) is 5.10 Å². The van der Waals surface area contributed by atoms with Crippen molar-refractivity contribution in [3.63, 3.8) is 0 Å². The van der Waals surface area contributed by atoms with Crippen molar-refractivity contribution in [2.75, 3.05) is 39.8 Å². The summed E-state index contributed by atoms with van der Waals surface area (Å²) >= 11 is 0. The monoisotopic (exact) mass is 361 g/mol. The third-order valence-corrected chi connectivity index (χ3v) is 5.87. The molecule has 0 aromatic carbocycles. The SMILES string of the molecule is CC1CCN(C(=O)CN2CCC(N(C)C(=O)c3cnn(C)c3)CC2)CC1. The molecular weight excluding hydrogens is 330 g/mol. The topological polar surface area (TPSA) is 61.7 Å². The number of hydrogen-bond acceptors (Lipinski definition) is 4. The highest BCUT2D eigenvalue weighted by Crippen LogP contribution is 2.19. The molecule has 7 heteroatoms. The van der Waals surface area contributed by atoms with Gasteiger partial charge in [0.15, 0.2) is 0 Å². The van der Waals surface area contributed by atoms with Gasteiger partial charge in [0.2, 0.25) is 5.91 Å². The Morgan fingerprint density at radius 2 is 1.81 bits per heavy atom. The third-order valence-electron chi connectivity index (χ3n) is 5.87. The van der Waals surface area contributed by atoms with Crippen LogP contribution >= 0.6 is 0 Å². The first kappa shape index (κ1) is 18.9. The van der Waals surface area contributed by atoms with Crippen LogP contribution in [0.5, 0.6) is 0 Å². The van der Waals surface area contributed by atoms with Gasteiger partial charge in [0.1, 0.15) is 0 Å². The van der Waals surface area contributed by atoms with Crippen molar-refractivity contribution in [2.24, 2.45) is 13.0 Å². The van der Waals surface area contributed by atoms with Gasteiger partial charge in [-0.3, -0.25) is 19.2 Å². The maximum atomic E-state index is 12.5. The number of rotatable bonds is 4.